The van der Waals surface area contributed by atoms with Crippen molar-refractivity contribution in [2.45, 2.75) is 84.7 Å². The Morgan fingerprint density at radius 2 is 1.80 bits per heavy atom. The Bertz CT molecular complexity index is 299. The molecular weight excluding hydrogens is 244 g/mol. The van der Waals surface area contributed by atoms with Crippen LogP contribution < -0.4 is 5.32 Å². The van der Waals surface area contributed by atoms with E-state index in [-0.39, 0.29) is 5.54 Å². The number of hydrogen-bond acceptors (Lipinski definition) is 2. The van der Waals surface area contributed by atoms with Crippen LogP contribution in [-0.2, 0) is 0 Å². The SMILES string of the molecule is CC1CCN(CC2(CNC(C)(C)C)CCCC2)C(C)C1. The number of likely N-dealkylation sites (tertiary alicyclic amines) is 1. The summed E-state index contributed by atoms with van der Waals surface area (Å²) in [4.78, 5) is 2.79. The zero-order valence-electron chi connectivity index (χ0n) is 14.5. The van der Waals surface area contributed by atoms with Gasteiger partial charge in [0.05, 0.1) is 0 Å². The van der Waals surface area contributed by atoms with Crippen LogP contribution in [0.15, 0.2) is 0 Å². The molecule has 0 radical (unpaired) electrons. The molecular formula is C18H36N2. The van der Waals surface area contributed by atoms with Crippen LogP contribution in [0, 0.1) is 11.3 Å². The van der Waals surface area contributed by atoms with Gasteiger partial charge in [0.25, 0.3) is 0 Å². The minimum atomic E-state index is 0.248. The summed E-state index contributed by atoms with van der Waals surface area (Å²) in [5.41, 5.74) is 0.791. The Morgan fingerprint density at radius 1 is 1.15 bits per heavy atom. The van der Waals surface area contributed by atoms with E-state index in [1.54, 1.807) is 0 Å². The van der Waals surface area contributed by atoms with Crippen LogP contribution in [0.2, 0.25) is 0 Å². The molecule has 2 nitrogen and oxygen atoms in total. The lowest BCUT2D eigenvalue weighted by molar-refractivity contribution is 0.0684. The highest BCUT2D eigenvalue weighted by Gasteiger charge is 2.38. The molecule has 2 fully saturated rings. The van der Waals surface area contributed by atoms with E-state index in [1.165, 1.54) is 58.2 Å². The Labute approximate surface area is 126 Å². The van der Waals surface area contributed by atoms with E-state index in [2.05, 4.69) is 44.8 Å². The van der Waals surface area contributed by atoms with Crippen molar-refractivity contribution < 1.29 is 0 Å². The molecule has 1 saturated heterocycles. The number of rotatable bonds is 4. The highest BCUT2D eigenvalue weighted by molar-refractivity contribution is 4.93. The first-order chi connectivity index (χ1) is 9.30. The normalized spacial score (nSPS) is 31.6. The van der Waals surface area contributed by atoms with Crippen LogP contribution in [0.5, 0.6) is 0 Å². The molecule has 0 aromatic heterocycles. The molecule has 0 aromatic carbocycles. The summed E-state index contributed by atoms with van der Waals surface area (Å²) in [5.74, 6) is 0.925. The van der Waals surface area contributed by atoms with Crippen LogP contribution in [0.3, 0.4) is 0 Å². The van der Waals surface area contributed by atoms with Gasteiger partial charge in [-0.15, -0.1) is 0 Å². The van der Waals surface area contributed by atoms with Crippen LogP contribution in [0.4, 0.5) is 0 Å². The maximum atomic E-state index is 3.79. The van der Waals surface area contributed by atoms with Crippen molar-refractivity contribution in [1.82, 2.24) is 10.2 Å². The smallest absolute Gasteiger partial charge is 0.00967 e. The quantitative estimate of drug-likeness (QED) is 0.835. The van der Waals surface area contributed by atoms with Gasteiger partial charge in [0.15, 0.2) is 0 Å². The predicted octanol–water partition coefficient (Wildman–Crippen LogP) is 4.06. The van der Waals surface area contributed by atoms with Gasteiger partial charge in [-0.25, -0.2) is 0 Å². The molecule has 118 valence electrons. The fraction of sp³-hybridized carbons (Fsp3) is 1.00. The lowest BCUT2D eigenvalue weighted by Gasteiger charge is -2.43. The molecule has 20 heavy (non-hydrogen) atoms. The molecule has 2 atom stereocenters. The minimum absolute atomic E-state index is 0.248. The molecule has 0 spiro atoms. The van der Waals surface area contributed by atoms with Crippen LogP contribution in [-0.4, -0.2) is 36.1 Å². The second-order valence-electron chi connectivity index (χ2n) is 8.76. The zero-order valence-corrected chi connectivity index (χ0v) is 14.5. The zero-order chi connectivity index (χ0) is 14.8. The van der Waals surface area contributed by atoms with Gasteiger partial charge in [0, 0.05) is 24.7 Å². The third kappa shape index (κ3) is 4.46. The summed E-state index contributed by atoms with van der Waals surface area (Å²) >= 11 is 0. The van der Waals surface area contributed by atoms with Gasteiger partial charge in [-0.3, -0.25) is 0 Å². The monoisotopic (exact) mass is 280 g/mol. The summed E-state index contributed by atoms with van der Waals surface area (Å²) < 4.78 is 0. The van der Waals surface area contributed by atoms with E-state index in [4.69, 9.17) is 0 Å². The van der Waals surface area contributed by atoms with E-state index < -0.39 is 0 Å². The van der Waals surface area contributed by atoms with Crippen molar-refractivity contribution in [3.63, 3.8) is 0 Å². The first-order valence-electron chi connectivity index (χ1n) is 8.79. The van der Waals surface area contributed by atoms with E-state index in [0.29, 0.717) is 5.41 Å². The Morgan fingerprint density at radius 3 is 2.35 bits per heavy atom. The van der Waals surface area contributed by atoms with Gasteiger partial charge in [0.2, 0.25) is 0 Å². The van der Waals surface area contributed by atoms with Gasteiger partial charge in [0.1, 0.15) is 0 Å². The summed E-state index contributed by atoms with van der Waals surface area (Å²) in [7, 11) is 0. The molecule has 0 amide bonds. The van der Waals surface area contributed by atoms with Gasteiger partial charge >= 0.3 is 0 Å². The van der Waals surface area contributed by atoms with Crippen molar-refractivity contribution in [2.75, 3.05) is 19.6 Å². The lowest BCUT2D eigenvalue weighted by atomic mass is 9.82. The molecule has 1 heterocycles. The molecule has 2 heteroatoms. The topological polar surface area (TPSA) is 15.3 Å². The van der Waals surface area contributed by atoms with Crippen LogP contribution in [0.25, 0.3) is 0 Å². The van der Waals surface area contributed by atoms with E-state index in [0.717, 1.165) is 12.0 Å². The highest BCUT2D eigenvalue weighted by Crippen LogP contribution is 2.40. The van der Waals surface area contributed by atoms with Gasteiger partial charge in [-0.05, 0) is 71.3 Å². The standard InChI is InChI=1S/C18H36N2/c1-15-8-11-20(16(2)12-15)14-18(9-6-7-10-18)13-19-17(3,4)5/h15-16,19H,6-14H2,1-5H3. The van der Waals surface area contributed by atoms with Gasteiger partial charge in [-0.1, -0.05) is 19.8 Å². The lowest BCUT2D eigenvalue weighted by Crippen LogP contribution is -2.51. The average molecular weight is 280 g/mol. The molecule has 1 N–H and O–H groups in total. The molecule has 0 aromatic rings. The summed E-state index contributed by atoms with van der Waals surface area (Å²) in [5, 5.41) is 3.79. The molecule has 1 saturated carbocycles. The van der Waals surface area contributed by atoms with Crippen molar-refractivity contribution in [3.05, 3.63) is 0 Å². The van der Waals surface area contributed by atoms with Crippen LogP contribution >= 0.6 is 0 Å². The number of piperidine rings is 1. The maximum absolute atomic E-state index is 3.79. The second-order valence-corrected chi connectivity index (χ2v) is 8.76. The molecule has 2 aliphatic rings. The molecule has 0 bridgehead atoms. The highest BCUT2D eigenvalue weighted by atomic mass is 15.2. The van der Waals surface area contributed by atoms with Crippen molar-refractivity contribution in [1.29, 1.82) is 0 Å². The second kappa shape index (κ2) is 6.36. The largest absolute Gasteiger partial charge is 0.311 e. The van der Waals surface area contributed by atoms with Crippen molar-refractivity contribution >= 4 is 0 Å². The van der Waals surface area contributed by atoms with E-state index in [1.807, 2.05) is 0 Å². The first-order valence-corrected chi connectivity index (χ1v) is 8.79. The Hall–Kier alpha value is -0.0800. The predicted molar refractivity (Wildman–Crippen MR) is 88.1 cm³/mol. The minimum Gasteiger partial charge on any atom is -0.311 e. The number of hydrogen-bond donors (Lipinski definition) is 1. The number of nitrogens with one attached hydrogen (secondary N) is 1. The Kier molecular flexibility index (Phi) is 5.18. The number of nitrogens with zero attached hydrogens (tertiary/aromatic N) is 1. The van der Waals surface area contributed by atoms with Crippen molar-refractivity contribution in [3.8, 4) is 0 Å². The Balaban J connectivity index is 1.95. The summed E-state index contributed by atoms with van der Waals surface area (Å²) in [6.45, 7) is 15.6. The van der Waals surface area contributed by atoms with E-state index >= 15 is 0 Å². The van der Waals surface area contributed by atoms with Gasteiger partial charge < -0.3 is 10.2 Å². The van der Waals surface area contributed by atoms with E-state index in [9.17, 15) is 0 Å². The third-order valence-electron chi connectivity index (χ3n) is 5.47. The fourth-order valence-corrected chi connectivity index (χ4v) is 4.09. The van der Waals surface area contributed by atoms with Crippen molar-refractivity contribution in [2.24, 2.45) is 11.3 Å². The first kappa shape index (κ1) is 16.3. The fourth-order valence-electron chi connectivity index (χ4n) is 4.09. The average Bonchev–Trinajstić information content (AvgIpc) is 2.79. The van der Waals surface area contributed by atoms with Gasteiger partial charge in [-0.2, -0.15) is 0 Å². The molecule has 1 aliphatic carbocycles. The summed E-state index contributed by atoms with van der Waals surface area (Å²) in [6.07, 6.45) is 8.51. The maximum Gasteiger partial charge on any atom is 0.00967 e. The summed E-state index contributed by atoms with van der Waals surface area (Å²) in [6, 6.07) is 0.783. The molecule has 1 aliphatic heterocycles. The van der Waals surface area contributed by atoms with Crippen LogP contribution in [0.1, 0.15) is 73.1 Å². The molecule has 2 rings (SSSR count). The third-order valence-corrected chi connectivity index (χ3v) is 5.47. The molecule has 2 unspecified atom stereocenters.